The zero-order chi connectivity index (χ0) is 18.1. The van der Waals surface area contributed by atoms with E-state index < -0.39 is 23.0 Å². The summed E-state index contributed by atoms with van der Waals surface area (Å²) in [4.78, 5) is 38.2. The van der Waals surface area contributed by atoms with Gasteiger partial charge < -0.3 is 10.6 Å². The van der Waals surface area contributed by atoms with Crippen molar-refractivity contribution in [1.82, 2.24) is 15.5 Å². The summed E-state index contributed by atoms with van der Waals surface area (Å²) >= 11 is 5.90. The van der Waals surface area contributed by atoms with Gasteiger partial charge in [-0.05, 0) is 44.9 Å². The highest BCUT2D eigenvalue weighted by atomic mass is 35.5. The summed E-state index contributed by atoms with van der Waals surface area (Å²) in [5.41, 5.74) is -0.954. The normalized spacial score (nSPS) is 21.0. The van der Waals surface area contributed by atoms with Crippen LogP contribution in [0.25, 0.3) is 0 Å². The van der Waals surface area contributed by atoms with E-state index in [0.717, 1.165) is 4.90 Å². The van der Waals surface area contributed by atoms with Gasteiger partial charge in [0, 0.05) is 10.6 Å². The Labute approximate surface area is 146 Å². The van der Waals surface area contributed by atoms with E-state index in [1.165, 1.54) is 0 Å². The molecule has 6 nitrogen and oxygen atoms in total. The Morgan fingerprint density at radius 2 is 1.83 bits per heavy atom. The number of rotatable bonds is 4. The van der Waals surface area contributed by atoms with Crippen molar-refractivity contribution in [3.8, 4) is 0 Å². The molecule has 7 heteroatoms. The van der Waals surface area contributed by atoms with Crippen molar-refractivity contribution in [2.75, 3.05) is 6.54 Å². The molecule has 2 rings (SSSR count). The lowest BCUT2D eigenvalue weighted by Gasteiger charge is -2.26. The number of urea groups is 1. The van der Waals surface area contributed by atoms with Crippen LogP contribution in [0.1, 0.15) is 39.7 Å². The third-order valence-electron chi connectivity index (χ3n) is 3.86. The number of carbonyl (C=O) groups is 3. The van der Waals surface area contributed by atoms with Crippen LogP contribution in [0, 0.1) is 0 Å². The first-order valence-corrected chi connectivity index (χ1v) is 8.18. The molecule has 1 aliphatic heterocycles. The fourth-order valence-electron chi connectivity index (χ4n) is 2.74. The average molecular weight is 352 g/mol. The van der Waals surface area contributed by atoms with Gasteiger partial charge in [-0.15, -0.1) is 0 Å². The first-order chi connectivity index (χ1) is 11.1. The van der Waals surface area contributed by atoms with Gasteiger partial charge in [0.25, 0.3) is 5.91 Å². The average Bonchev–Trinajstić information content (AvgIpc) is 2.71. The Kier molecular flexibility index (Phi) is 4.90. The fourth-order valence-corrected chi connectivity index (χ4v) is 2.87. The van der Waals surface area contributed by atoms with Gasteiger partial charge in [0.05, 0.1) is 0 Å². The molecule has 0 aromatic heterocycles. The molecule has 0 unspecified atom stereocenters. The van der Waals surface area contributed by atoms with Crippen LogP contribution in [0.15, 0.2) is 24.3 Å². The van der Waals surface area contributed by atoms with Gasteiger partial charge in [0.1, 0.15) is 12.1 Å². The number of carbonyl (C=O) groups excluding carboxylic acids is 3. The van der Waals surface area contributed by atoms with E-state index in [0.29, 0.717) is 17.0 Å². The number of halogens is 1. The van der Waals surface area contributed by atoms with Crippen molar-refractivity contribution >= 4 is 29.4 Å². The van der Waals surface area contributed by atoms with Crippen LogP contribution in [-0.2, 0) is 15.1 Å². The van der Waals surface area contributed by atoms with E-state index in [2.05, 4.69) is 10.6 Å². The Bertz CT molecular complexity index is 667. The number of imide groups is 1. The molecule has 2 N–H and O–H groups in total. The van der Waals surface area contributed by atoms with Crippen LogP contribution in [0.3, 0.4) is 0 Å². The number of nitrogens with zero attached hydrogens (tertiary/aromatic N) is 1. The Hall–Kier alpha value is -2.08. The van der Waals surface area contributed by atoms with Crippen molar-refractivity contribution in [3.63, 3.8) is 0 Å². The van der Waals surface area contributed by atoms with Crippen molar-refractivity contribution in [2.24, 2.45) is 0 Å². The second-order valence-corrected chi connectivity index (χ2v) is 7.32. The molecule has 1 saturated heterocycles. The van der Waals surface area contributed by atoms with E-state index in [-0.39, 0.29) is 12.5 Å². The molecule has 1 aliphatic rings. The molecule has 1 heterocycles. The topological polar surface area (TPSA) is 78.5 Å². The summed E-state index contributed by atoms with van der Waals surface area (Å²) < 4.78 is 0. The summed E-state index contributed by atoms with van der Waals surface area (Å²) in [5, 5.41) is 6.03. The fraction of sp³-hybridized carbons (Fsp3) is 0.471. The predicted molar refractivity (Wildman–Crippen MR) is 91.6 cm³/mol. The van der Waals surface area contributed by atoms with Gasteiger partial charge in [-0.2, -0.15) is 0 Å². The highest BCUT2D eigenvalue weighted by Crippen LogP contribution is 2.32. The Morgan fingerprint density at radius 3 is 2.33 bits per heavy atom. The minimum absolute atomic E-state index is 0.308. The maximum absolute atomic E-state index is 12.9. The largest absolute Gasteiger partial charge is 0.350 e. The lowest BCUT2D eigenvalue weighted by atomic mass is 9.87. The molecular formula is C17H22ClN3O3. The second kappa shape index (κ2) is 6.43. The summed E-state index contributed by atoms with van der Waals surface area (Å²) in [6, 6.07) is 6.19. The first-order valence-electron chi connectivity index (χ1n) is 7.80. The summed E-state index contributed by atoms with van der Waals surface area (Å²) in [7, 11) is 0. The third-order valence-corrected chi connectivity index (χ3v) is 4.11. The smallest absolute Gasteiger partial charge is 0.325 e. The van der Waals surface area contributed by atoms with Gasteiger partial charge in [-0.3, -0.25) is 14.5 Å². The molecule has 0 saturated carbocycles. The third kappa shape index (κ3) is 3.53. The van der Waals surface area contributed by atoms with Crippen molar-refractivity contribution < 1.29 is 14.4 Å². The maximum Gasteiger partial charge on any atom is 0.325 e. The number of benzene rings is 1. The Balaban J connectivity index is 2.26. The molecule has 1 atom stereocenters. The van der Waals surface area contributed by atoms with Gasteiger partial charge in [-0.1, -0.05) is 30.7 Å². The molecule has 0 spiro atoms. The SMILES string of the molecule is CC[C@]1(c2ccc(Cl)cc2)NC(=O)N(CC(=O)NC(C)(C)C)C1=O. The minimum Gasteiger partial charge on any atom is -0.350 e. The summed E-state index contributed by atoms with van der Waals surface area (Å²) in [6.45, 7) is 7.01. The van der Waals surface area contributed by atoms with Gasteiger partial charge in [0.2, 0.25) is 5.91 Å². The zero-order valence-corrected chi connectivity index (χ0v) is 15.0. The molecule has 4 amide bonds. The van der Waals surface area contributed by atoms with Crippen LogP contribution in [-0.4, -0.2) is 34.8 Å². The van der Waals surface area contributed by atoms with E-state index in [4.69, 9.17) is 11.6 Å². The van der Waals surface area contributed by atoms with Crippen molar-refractivity contribution in [3.05, 3.63) is 34.9 Å². The van der Waals surface area contributed by atoms with Crippen LogP contribution in [0.4, 0.5) is 4.79 Å². The van der Waals surface area contributed by atoms with Crippen molar-refractivity contribution in [1.29, 1.82) is 0 Å². The molecule has 24 heavy (non-hydrogen) atoms. The summed E-state index contributed by atoms with van der Waals surface area (Å²) in [6.07, 6.45) is 0.372. The van der Waals surface area contributed by atoms with Crippen molar-refractivity contribution in [2.45, 2.75) is 45.2 Å². The monoisotopic (exact) mass is 351 g/mol. The molecule has 130 valence electrons. The lowest BCUT2D eigenvalue weighted by Crippen LogP contribution is -2.48. The highest BCUT2D eigenvalue weighted by molar-refractivity contribution is 6.30. The van der Waals surface area contributed by atoms with E-state index in [1.54, 1.807) is 24.3 Å². The highest BCUT2D eigenvalue weighted by Gasteiger charge is 2.51. The molecule has 0 bridgehead atoms. The van der Waals surface area contributed by atoms with Gasteiger partial charge in [-0.25, -0.2) is 4.79 Å². The van der Waals surface area contributed by atoms with Gasteiger partial charge >= 0.3 is 6.03 Å². The number of amides is 4. The molecule has 0 radical (unpaired) electrons. The molecule has 1 aromatic carbocycles. The van der Waals surface area contributed by atoms with Crippen LogP contribution >= 0.6 is 11.6 Å². The van der Waals surface area contributed by atoms with Crippen LogP contribution in [0.2, 0.25) is 5.02 Å². The predicted octanol–water partition coefficient (Wildman–Crippen LogP) is 2.41. The van der Waals surface area contributed by atoms with Crippen LogP contribution < -0.4 is 10.6 Å². The molecule has 0 aliphatic carbocycles. The summed E-state index contributed by atoms with van der Waals surface area (Å²) in [5.74, 6) is -0.810. The quantitative estimate of drug-likeness (QED) is 0.818. The Morgan fingerprint density at radius 1 is 1.25 bits per heavy atom. The van der Waals surface area contributed by atoms with E-state index in [1.807, 2.05) is 27.7 Å². The molecular weight excluding hydrogens is 330 g/mol. The van der Waals surface area contributed by atoms with E-state index >= 15 is 0 Å². The zero-order valence-electron chi connectivity index (χ0n) is 14.3. The number of hydrogen-bond acceptors (Lipinski definition) is 3. The van der Waals surface area contributed by atoms with Gasteiger partial charge in [0.15, 0.2) is 0 Å². The lowest BCUT2D eigenvalue weighted by molar-refractivity contribution is -0.135. The molecule has 1 fully saturated rings. The van der Waals surface area contributed by atoms with Crippen LogP contribution in [0.5, 0.6) is 0 Å². The number of nitrogens with one attached hydrogen (secondary N) is 2. The minimum atomic E-state index is -1.16. The maximum atomic E-state index is 12.9. The van der Waals surface area contributed by atoms with E-state index in [9.17, 15) is 14.4 Å². The number of hydrogen-bond donors (Lipinski definition) is 2. The first kappa shape index (κ1) is 18.3. The standard InChI is InChI=1S/C17H22ClN3O3/c1-5-17(11-6-8-12(18)9-7-11)14(23)21(15(24)20-17)10-13(22)19-16(2,3)4/h6-9H,5,10H2,1-4H3,(H,19,22)(H,20,24)/t17-/m1/s1. The molecule has 1 aromatic rings. The second-order valence-electron chi connectivity index (χ2n) is 6.89.